The van der Waals surface area contributed by atoms with E-state index in [9.17, 15) is 4.57 Å². The van der Waals surface area contributed by atoms with Crippen LogP contribution in [0.4, 0.5) is 0 Å². The maximum atomic E-state index is 12.0. The van der Waals surface area contributed by atoms with E-state index in [4.69, 9.17) is 4.52 Å². The van der Waals surface area contributed by atoms with Gasteiger partial charge >= 0.3 is 0 Å². The van der Waals surface area contributed by atoms with E-state index in [1.165, 1.54) is 12.2 Å². The largest absolute Gasteiger partial charge is 0.442 e. The van der Waals surface area contributed by atoms with E-state index in [2.05, 4.69) is 26.3 Å². The number of hydrogen-bond donors (Lipinski definition) is 0. The van der Waals surface area contributed by atoms with Crippen molar-refractivity contribution in [3.63, 3.8) is 0 Å². The van der Waals surface area contributed by atoms with Crippen molar-refractivity contribution >= 4 is 8.03 Å². The highest BCUT2D eigenvalue weighted by atomic mass is 31.1. The lowest BCUT2D eigenvalue weighted by Gasteiger charge is -2.06. The molecule has 0 saturated carbocycles. The molecular weight excluding hydrogens is 255 g/mol. The second kappa shape index (κ2) is 11.1. The van der Waals surface area contributed by atoms with Crippen LogP contribution >= 0.6 is 8.03 Å². The molecule has 0 rings (SSSR count). The van der Waals surface area contributed by atoms with Crippen LogP contribution in [0.1, 0.15) is 0 Å². The quantitative estimate of drug-likeness (QED) is 0.332. The van der Waals surface area contributed by atoms with E-state index < -0.39 is 8.03 Å². The van der Waals surface area contributed by atoms with Gasteiger partial charge in [0.1, 0.15) is 5.76 Å². The summed E-state index contributed by atoms with van der Waals surface area (Å²) >= 11 is 0. The fourth-order valence-electron chi connectivity index (χ4n) is 0.996. The number of rotatable bonds is 9. The van der Waals surface area contributed by atoms with Crippen molar-refractivity contribution in [2.75, 3.05) is 0 Å². The molecule has 2 nitrogen and oxygen atoms in total. The van der Waals surface area contributed by atoms with Gasteiger partial charge in [-0.1, -0.05) is 68.8 Å². The predicted molar refractivity (Wildman–Crippen MR) is 85.3 cm³/mol. The molecule has 0 aliphatic rings. The highest BCUT2D eigenvalue weighted by Gasteiger charge is 2.04. The third-order valence-corrected chi connectivity index (χ3v) is 3.16. The highest BCUT2D eigenvalue weighted by Crippen LogP contribution is 2.37. The summed E-state index contributed by atoms with van der Waals surface area (Å²) in [6.07, 6.45) is 16.5. The van der Waals surface area contributed by atoms with Crippen LogP contribution in [-0.4, -0.2) is 0 Å². The topological polar surface area (TPSA) is 26.3 Å². The Morgan fingerprint density at radius 2 is 1.42 bits per heavy atom. The molecule has 0 radical (unpaired) electrons. The molecule has 0 fully saturated rings. The minimum atomic E-state index is -2.40. The molecule has 19 heavy (non-hydrogen) atoms. The summed E-state index contributed by atoms with van der Waals surface area (Å²) in [5.41, 5.74) is 0. The van der Waals surface area contributed by atoms with E-state index in [1.54, 1.807) is 48.6 Å². The van der Waals surface area contributed by atoms with Gasteiger partial charge < -0.3 is 4.52 Å². The van der Waals surface area contributed by atoms with Gasteiger partial charge in [-0.2, -0.15) is 0 Å². The highest BCUT2D eigenvalue weighted by molar-refractivity contribution is 7.44. The summed E-state index contributed by atoms with van der Waals surface area (Å²) in [7, 11) is -2.40. The minimum absolute atomic E-state index is 0.433. The Kier molecular flexibility index (Phi) is 9.87. The van der Waals surface area contributed by atoms with Crippen LogP contribution in [-0.2, 0) is 9.09 Å². The van der Waals surface area contributed by atoms with Gasteiger partial charge in [0, 0.05) is 5.31 Å². The van der Waals surface area contributed by atoms with Crippen LogP contribution in [0.5, 0.6) is 0 Å². The molecule has 0 aromatic heterocycles. The summed E-state index contributed by atoms with van der Waals surface area (Å²) in [6, 6.07) is 0. The van der Waals surface area contributed by atoms with Crippen molar-refractivity contribution in [3.05, 3.63) is 98.1 Å². The van der Waals surface area contributed by atoms with E-state index >= 15 is 0 Å². The lowest BCUT2D eigenvalue weighted by atomic mass is 10.4. The van der Waals surface area contributed by atoms with E-state index in [-0.39, 0.29) is 0 Å². The van der Waals surface area contributed by atoms with Crippen LogP contribution in [0, 0.1) is 0 Å². The van der Waals surface area contributed by atoms with Crippen molar-refractivity contribution in [2.24, 2.45) is 0 Å². The molecule has 0 heterocycles. The van der Waals surface area contributed by atoms with Gasteiger partial charge in [0.25, 0.3) is 8.03 Å². The lowest BCUT2D eigenvalue weighted by molar-refractivity contribution is 0.444. The van der Waals surface area contributed by atoms with E-state index in [0.29, 0.717) is 11.1 Å². The molecule has 1 atom stereocenters. The van der Waals surface area contributed by atoms with Gasteiger partial charge in [-0.3, -0.25) is 4.57 Å². The smallest absolute Gasteiger partial charge is 0.265 e. The second-order valence-corrected chi connectivity index (χ2v) is 4.59. The van der Waals surface area contributed by atoms with Crippen LogP contribution < -0.4 is 0 Å². The normalized spacial score (nSPS) is 14.3. The molecule has 0 N–H and O–H groups in total. The van der Waals surface area contributed by atoms with Crippen molar-refractivity contribution in [2.45, 2.75) is 0 Å². The standard InChI is InChI=1S/C16H19O2P/c1-5-9-11-13-15(7-3)18-19(17)16(8-4)14-12-10-6-2/h5-14,19H,1-4H2/b11-9-,12-10-,15-13+,16-14+. The third kappa shape index (κ3) is 7.80. The second-order valence-electron chi connectivity index (χ2n) is 3.23. The Bertz CT molecular complexity index is 477. The summed E-state index contributed by atoms with van der Waals surface area (Å²) in [5, 5.41) is 0.531. The van der Waals surface area contributed by atoms with Gasteiger partial charge in [-0.25, -0.2) is 0 Å². The number of hydrogen-bond acceptors (Lipinski definition) is 2. The Balaban J connectivity index is 4.89. The summed E-state index contributed by atoms with van der Waals surface area (Å²) in [5.74, 6) is 0.433. The zero-order valence-corrected chi connectivity index (χ0v) is 11.9. The minimum Gasteiger partial charge on any atom is -0.442 e. The Morgan fingerprint density at radius 3 is 1.89 bits per heavy atom. The van der Waals surface area contributed by atoms with Gasteiger partial charge in [-0.15, -0.1) is 0 Å². The Labute approximate surface area is 116 Å². The average Bonchev–Trinajstić information content (AvgIpc) is 2.42. The molecule has 100 valence electrons. The van der Waals surface area contributed by atoms with E-state index in [1.807, 2.05) is 0 Å². The Hall–Kier alpha value is -2.05. The van der Waals surface area contributed by atoms with Gasteiger partial charge in [0.05, 0.1) is 0 Å². The summed E-state index contributed by atoms with van der Waals surface area (Å²) in [4.78, 5) is 0. The molecule has 3 heteroatoms. The molecule has 0 amide bonds. The summed E-state index contributed by atoms with van der Waals surface area (Å²) < 4.78 is 17.3. The SMILES string of the molecule is C=C/C=C\C=C(/C=C)O[PH](=O)/C(C=C)=C/C=C\C=C. The summed E-state index contributed by atoms with van der Waals surface area (Å²) in [6.45, 7) is 14.3. The average molecular weight is 274 g/mol. The maximum absolute atomic E-state index is 12.0. The first-order valence-electron chi connectivity index (χ1n) is 5.65. The lowest BCUT2D eigenvalue weighted by Crippen LogP contribution is -1.80. The van der Waals surface area contributed by atoms with Crippen LogP contribution in [0.2, 0.25) is 0 Å². The Morgan fingerprint density at radius 1 is 0.842 bits per heavy atom. The zero-order chi connectivity index (χ0) is 14.5. The van der Waals surface area contributed by atoms with Crippen LogP contribution in [0.15, 0.2) is 98.1 Å². The molecule has 0 spiro atoms. The predicted octanol–water partition coefficient (Wildman–Crippen LogP) is 5.10. The molecule has 0 aliphatic heterocycles. The molecule has 0 aromatic carbocycles. The van der Waals surface area contributed by atoms with Crippen LogP contribution in [0.3, 0.4) is 0 Å². The number of allylic oxidation sites excluding steroid dienone is 11. The maximum Gasteiger partial charge on any atom is 0.265 e. The monoisotopic (exact) mass is 274 g/mol. The van der Waals surface area contributed by atoms with Gasteiger partial charge in [-0.05, 0) is 18.2 Å². The molecule has 0 saturated heterocycles. The van der Waals surface area contributed by atoms with Crippen molar-refractivity contribution in [1.82, 2.24) is 0 Å². The fraction of sp³-hybridized carbons (Fsp3) is 0. The van der Waals surface area contributed by atoms with Crippen LogP contribution in [0.25, 0.3) is 0 Å². The fourth-order valence-corrected chi connectivity index (χ4v) is 1.88. The third-order valence-electron chi connectivity index (χ3n) is 1.90. The van der Waals surface area contributed by atoms with E-state index in [0.717, 1.165) is 0 Å². The molecular formula is C16H19O2P. The van der Waals surface area contributed by atoms with Gasteiger partial charge in [0.2, 0.25) is 0 Å². The molecule has 0 bridgehead atoms. The molecule has 0 aromatic rings. The molecule has 0 aliphatic carbocycles. The first kappa shape index (κ1) is 16.9. The first-order valence-corrected chi connectivity index (χ1v) is 6.97. The van der Waals surface area contributed by atoms with Crippen molar-refractivity contribution in [3.8, 4) is 0 Å². The first-order chi connectivity index (χ1) is 9.19. The molecule has 1 unspecified atom stereocenters. The van der Waals surface area contributed by atoms with Gasteiger partial charge in [0.15, 0.2) is 0 Å². The zero-order valence-electron chi connectivity index (χ0n) is 10.9. The van der Waals surface area contributed by atoms with Crippen molar-refractivity contribution < 1.29 is 9.09 Å². The van der Waals surface area contributed by atoms with Crippen molar-refractivity contribution in [1.29, 1.82) is 0 Å².